The molecular weight excluding hydrogens is 338 g/mol. The van der Waals surface area contributed by atoms with Gasteiger partial charge in [0.1, 0.15) is 11.6 Å². The highest BCUT2D eigenvalue weighted by atomic mass is 79.9. The Morgan fingerprint density at radius 3 is 2.81 bits per heavy atom. The summed E-state index contributed by atoms with van der Waals surface area (Å²) in [7, 11) is 0. The van der Waals surface area contributed by atoms with Gasteiger partial charge in [0.15, 0.2) is 0 Å². The van der Waals surface area contributed by atoms with Crippen LogP contribution in [0.5, 0.6) is 0 Å². The van der Waals surface area contributed by atoms with E-state index in [1.54, 1.807) is 0 Å². The third-order valence-electron chi connectivity index (χ3n) is 3.81. The molecule has 0 spiro atoms. The average Bonchev–Trinajstić information content (AvgIpc) is 2.48. The first-order chi connectivity index (χ1) is 10.1. The smallest absolute Gasteiger partial charge is 0.145 e. The molecule has 0 saturated carbocycles. The van der Waals surface area contributed by atoms with Crippen LogP contribution < -0.4 is 10.6 Å². The molecule has 1 aliphatic rings. The first-order valence-corrected chi connectivity index (χ1v) is 7.61. The molecule has 2 nitrogen and oxygen atoms in total. The summed E-state index contributed by atoms with van der Waals surface area (Å²) >= 11 is 3.11. The number of nitrogens with two attached hydrogens (primary N) is 1. The van der Waals surface area contributed by atoms with E-state index in [9.17, 15) is 8.78 Å². The van der Waals surface area contributed by atoms with E-state index in [0.29, 0.717) is 5.69 Å². The Kier molecular flexibility index (Phi) is 3.85. The van der Waals surface area contributed by atoms with Crippen LogP contribution in [0.3, 0.4) is 0 Å². The number of hydrogen-bond acceptors (Lipinski definition) is 2. The number of hydrogen-bond donors (Lipinski definition) is 1. The standard InChI is InChI=1S/C16H15BrF2N2/c17-13-5-6-14(18)12(16(13)19)9-21-7-1-2-10-3-4-11(20)8-15(10)21/h3-6,8H,1-2,7,9,20H2. The Labute approximate surface area is 130 Å². The Hall–Kier alpha value is -1.62. The summed E-state index contributed by atoms with van der Waals surface area (Å²) in [4.78, 5) is 1.99. The number of aryl methyl sites for hydroxylation is 1. The molecular formula is C16H15BrF2N2. The van der Waals surface area contributed by atoms with E-state index in [1.165, 1.54) is 17.7 Å². The lowest BCUT2D eigenvalue weighted by atomic mass is 10.0. The van der Waals surface area contributed by atoms with Crippen LogP contribution in [0.2, 0.25) is 0 Å². The first-order valence-electron chi connectivity index (χ1n) is 6.82. The quantitative estimate of drug-likeness (QED) is 0.646. The van der Waals surface area contributed by atoms with E-state index in [1.807, 2.05) is 23.1 Å². The highest BCUT2D eigenvalue weighted by Gasteiger charge is 2.21. The van der Waals surface area contributed by atoms with Gasteiger partial charge in [-0.25, -0.2) is 8.78 Å². The highest BCUT2D eigenvalue weighted by molar-refractivity contribution is 9.10. The van der Waals surface area contributed by atoms with Gasteiger partial charge in [-0.2, -0.15) is 0 Å². The van der Waals surface area contributed by atoms with Crippen molar-refractivity contribution in [2.24, 2.45) is 0 Å². The number of nitrogens with zero attached hydrogens (tertiary/aromatic N) is 1. The van der Waals surface area contributed by atoms with E-state index >= 15 is 0 Å². The van der Waals surface area contributed by atoms with Crippen LogP contribution in [-0.4, -0.2) is 6.54 Å². The predicted octanol–water partition coefficient (Wildman–Crippen LogP) is 4.26. The summed E-state index contributed by atoms with van der Waals surface area (Å²) in [6.07, 6.45) is 1.93. The molecule has 0 radical (unpaired) electrons. The molecule has 0 aliphatic carbocycles. The maximum Gasteiger partial charge on any atom is 0.145 e. The van der Waals surface area contributed by atoms with Crippen molar-refractivity contribution in [2.75, 3.05) is 17.2 Å². The maximum absolute atomic E-state index is 14.1. The second kappa shape index (κ2) is 5.64. The van der Waals surface area contributed by atoms with E-state index in [2.05, 4.69) is 15.9 Å². The molecule has 0 saturated heterocycles. The average molecular weight is 353 g/mol. The van der Waals surface area contributed by atoms with Gasteiger partial charge in [-0.3, -0.25) is 0 Å². The van der Waals surface area contributed by atoms with Crippen molar-refractivity contribution in [3.05, 3.63) is 57.6 Å². The van der Waals surface area contributed by atoms with Gasteiger partial charge in [0.05, 0.1) is 4.47 Å². The van der Waals surface area contributed by atoms with Gasteiger partial charge in [0.25, 0.3) is 0 Å². The number of nitrogen functional groups attached to an aromatic ring is 1. The maximum atomic E-state index is 14.1. The van der Waals surface area contributed by atoms with Crippen LogP contribution in [0.15, 0.2) is 34.8 Å². The largest absolute Gasteiger partial charge is 0.399 e. The first kappa shape index (κ1) is 14.3. The summed E-state index contributed by atoms with van der Waals surface area (Å²) in [5.74, 6) is -1.06. The Bertz CT molecular complexity index is 688. The third-order valence-corrected chi connectivity index (χ3v) is 4.42. The van der Waals surface area contributed by atoms with E-state index in [0.717, 1.165) is 25.1 Å². The molecule has 2 aromatic rings. The van der Waals surface area contributed by atoms with Crippen molar-refractivity contribution < 1.29 is 8.78 Å². The molecule has 0 aromatic heterocycles. The molecule has 0 fully saturated rings. The van der Waals surface area contributed by atoms with Gasteiger partial charge in [-0.1, -0.05) is 6.07 Å². The minimum absolute atomic E-state index is 0.0830. The topological polar surface area (TPSA) is 29.3 Å². The fraction of sp³-hybridized carbons (Fsp3) is 0.250. The number of benzene rings is 2. The summed E-state index contributed by atoms with van der Waals surface area (Å²) in [6.45, 7) is 0.968. The summed E-state index contributed by atoms with van der Waals surface area (Å²) in [5.41, 5.74) is 8.73. The van der Waals surface area contributed by atoms with Crippen molar-refractivity contribution in [3.63, 3.8) is 0 Å². The van der Waals surface area contributed by atoms with Crippen LogP contribution in [0, 0.1) is 11.6 Å². The number of fused-ring (bicyclic) bond motifs is 1. The van der Waals surface area contributed by atoms with Crippen molar-refractivity contribution in [3.8, 4) is 0 Å². The Morgan fingerprint density at radius 1 is 1.19 bits per heavy atom. The summed E-state index contributed by atoms with van der Waals surface area (Å²) in [5, 5.41) is 0. The summed E-state index contributed by atoms with van der Waals surface area (Å²) < 4.78 is 28.3. The number of halogens is 3. The lowest BCUT2D eigenvalue weighted by Gasteiger charge is -2.32. The van der Waals surface area contributed by atoms with Crippen LogP contribution in [0.1, 0.15) is 17.5 Å². The number of rotatable bonds is 2. The molecule has 0 unspecified atom stereocenters. The molecule has 5 heteroatoms. The molecule has 0 bridgehead atoms. The normalized spacial score (nSPS) is 14.1. The lowest BCUT2D eigenvalue weighted by Crippen LogP contribution is -2.29. The van der Waals surface area contributed by atoms with Crippen molar-refractivity contribution in [1.82, 2.24) is 0 Å². The van der Waals surface area contributed by atoms with Gasteiger partial charge in [0.2, 0.25) is 0 Å². The lowest BCUT2D eigenvalue weighted by molar-refractivity contribution is 0.542. The van der Waals surface area contributed by atoms with Crippen molar-refractivity contribution in [2.45, 2.75) is 19.4 Å². The summed E-state index contributed by atoms with van der Waals surface area (Å²) in [6, 6.07) is 8.40. The zero-order chi connectivity index (χ0) is 15.0. The van der Waals surface area contributed by atoms with Crippen LogP contribution in [0.25, 0.3) is 0 Å². The van der Waals surface area contributed by atoms with Crippen molar-refractivity contribution >= 4 is 27.3 Å². The number of anilines is 2. The minimum Gasteiger partial charge on any atom is -0.399 e. The monoisotopic (exact) mass is 352 g/mol. The van der Waals surface area contributed by atoms with Crippen LogP contribution >= 0.6 is 15.9 Å². The highest BCUT2D eigenvalue weighted by Crippen LogP contribution is 2.32. The van der Waals surface area contributed by atoms with Gasteiger partial charge < -0.3 is 10.6 Å². The molecule has 0 atom stereocenters. The van der Waals surface area contributed by atoms with Crippen LogP contribution in [-0.2, 0) is 13.0 Å². The fourth-order valence-corrected chi connectivity index (χ4v) is 3.11. The molecule has 21 heavy (non-hydrogen) atoms. The zero-order valence-corrected chi connectivity index (χ0v) is 13.0. The van der Waals surface area contributed by atoms with Gasteiger partial charge >= 0.3 is 0 Å². The van der Waals surface area contributed by atoms with Gasteiger partial charge in [-0.15, -0.1) is 0 Å². The molecule has 1 heterocycles. The Morgan fingerprint density at radius 2 is 2.00 bits per heavy atom. The Balaban J connectivity index is 1.98. The third kappa shape index (κ3) is 2.75. The van der Waals surface area contributed by atoms with Gasteiger partial charge in [0, 0.05) is 30.0 Å². The second-order valence-corrected chi connectivity index (χ2v) is 6.09. The minimum atomic E-state index is -0.536. The molecule has 3 rings (SSSR count). The molecule has 0 amide bonds. The van der Waals surface area contributed by atoms with E-state index in [4.69, 9.17) is 5.73 Å². The zero-order valence-electron chi connectivity index (χ0n) is 11.4. The molecule has 110 valence electrons. The fourth-order valence-electron chi connectivity index (χ4n) is 2.74. The predicted molar refractivity (Wildman–Crippen MR) is 84.3 cm³/mol. The molecule has 2 aromatic carbocycles. The molecule has 1 aliphatic heterocycles. The molecule has 2 N–H and O–H groups in total. The van der Waals surface area contributed by atoms with Crippen LogP contribution in [0.4, 0.5) is 20.2 Å². The van der Waals surface area contributed by atoms with E-state index in [-0.39, 0.29) is 16.6 Å². The van der Waals surface area contributed by atoms with Crippen molar-refractivity contribution in [1.29, 1.82) is 0 Å². The van der Waals surface area contributed by atoms with Gasteiger partial charge in [-0.05, 0) is 58.6 Å². The second-order valence-electron chi connectivity index (χ2n) is 5.24. The van der Waals surface area contributed by atoms with E-state index < -0.39 is 11.6 Å². The SMILES string of the molecule is Nc1ccc2c(c1)N(Cc1c(F)ccc(Br)c1F)CCC2.